The molecule has 0 saturated heterocycles. The van der Waals surface area contributed by atoms with Gasteiger partial charge in [-0.1, -0.05) is 41.3 Å². The number of rotatable bonds is 6. The molecule has 0 radical (unpaired) electrons. The highest BCUT2D eigenvalue weighted by molar-refractivity contribution is 8.02. The first kappa shape index (κ1) is 17.1. The Morgan fingerprint density at radius 2 is 2.23 bits per heavy atom. The zero-order valence-electron chi connectivity index (χ0n) is 14.2. The maximum absolute atomic E-state index is 12.8. The van der Waals surface area contributed by atoms with Crippen LogP contribution in [0.15, 0.2) is 51.4 Å². The molecular formula is C18H18N4O2S2. The number of anilines is 2. The molecule has 8 heteroatoms. The number of hydrogen-bond donors (Lipinski definition) is 1. The molecule has 0 saturated carbocycles. The van der Waals surface area contributed by atoms with E-state index in [-0.39, 0.29) is 11.2 Å². The van der Waals surface area contributed by atoms with Crippen molar-refractivity contribution in [3.05, 3.63) is 54.0 Å². The van der Waals surface area contributed by atoms with Crippen LogP contribution in [0.2, 0.25) is 0 Å². The second-order valence-corrected chi connectivity index (χ2v) is 8.50. The van der Waals surface area contributed by atoms with Crippen LogP contribution in [-0.2, 0) is 17.8 Å². The fraction of sp³-hybridized carbons (Fsp3) is 0.278. The second-order valence-electron chi connectivity index (χ2n) is 5.93. The quantitative estimate of drug-likeness (QED) is 0.650. The Morgan fingerprint density at radius 3 is 3.08 bits per heavy atom. The number of aromatic nitrogens is 2. The normalized spacial score (nSPS) is 14.3. The molecule has 1 N–H and O–H groups in total. The molecule has 2 aromatic heterocycles. The molecular weight excluding hydrogens is 368 g/mol. The Balaban J connectivity index is 1.36. The van der Waals surface area contributed by atoms with E-state index in [4.69, 9.17) is 4.42 Å². The number of hydrogen-bond acceptors (Lipinski definition) is 7. The van der Waals surface area contributed by atoms with Crippen molar-refractivity contribution in [3.8, 4) is 0 Å². The van der Waals surface area contributed by atoms with Gasteiger partial charge in [-0.25, -0.2) is 0 Å². The van der Waals surface area contributed by atoms with E-state index in [1.807, 2.05) is 42.2 Å². The SMILES string of the molecule is C[C@@H](Sc1nnc(NCc2ccco2)s1)C(=O)N1CCc2ccccc21. The van der Waals surface area contributed by atoms with Crippen molar-refractivity contribution in [1.82, 2.24) is 10.2 Å². The number of carbonyl (C=O) groups excluding carboxylic acids is 1. The largest absolute Gasteiger partial charge is 0.467 e. The molecule has 1 aliphatic rings. The highest BCUT2D eigenvalue weighted by atomic mass is 32.2. The standard InChI is InChI=1S/C18H18N4O2S2/c1-12(16(23)22-9-8-13-5-2-3-7-15(13)22)25-18-21-20-17(26-18)19-11-14-6-4-10-24-14/h2-7,10,12H,8-9,11H2,1H3,(H,19,20)/t12-/m1/s1. The van der Waals surface area contributed by atoms with Crippen LogP contribution in [0.4, 0.5) is 10.8 Å². The number of nitrogens with zero attached hydrogens (tertiary/aromatic N) is 3. The highest BCUT2D eigenvalue weighted by Crippen LogP contribution is 2.33. The highest BCUT2D eigenvalue weighted by Gasteiger charge is 2.28. The minimum atomic E-state index is -0.216. The number of thioether (sulfide) groups is 1. The third kappa shape index (κ3) is 3.61. The van der Waals surface area contributed by atoms with Crippen LogP contribution in [0, 0.1) is 0 Å². The Labute approximate surface area is 159 Å². The van der Waals surface area contributed by atoms with E-state index in [9.17, 15) is 4.79 Å². The van der Waals surface area contributed by atoms with Crippen molar-refractivity contribution in [2.75, 3.05) is 16.8 Å². The summed E-state index contributed by atoms with van der Waals surface area (Å²) in [5, 5.41) is 12.0. The van der Waals surface area contributed by atoms with E-state index in [1.54, 1.807) is 6.26 Å². The van der Waals surface area contributed by atoms with Crippen LogP contribution >= 0.6 is 23.1 Å². The van der Waals surface area contributed by atoms with Crippen molar-refractivity contribution in [1.29, 1.82) is 0 Å². The predicted molar refractivity (Wildman–Crippen MR) is 104 cm³/mol. The molecule has 0 fully saturated rings. The molecule has 1 atom stereocenters. The maximum atomic E-state index is 12.8. The minimum Gasteiger partial charge on any atom is -0.467 e. The number of para-hydroxylation sites is 1. The maximum Gasteiger partial charge on any atom is 0.240 e. The lowest BCUT2D eigenvalue weighted by Gasteiger charge is -2.20. The number of furan rings is 1. The fourth-order valence-corrected chi connectivity index (χ4v) is 4.85. The lowest BCUT2D eigenvalue weighted by molar-refractivity contribution is -0.117. The molecule has 0 unspecified atom stereocenters. The van der Waals surface area contributed by atoms with Crippen molar-refractivity contribution in [2.45, 2.75) is 29.5 Å². The number of carbonyl (C=O) groups is 1. The van der Waals surface area contributed by atoms with E-state index in [0.29, 0.717) is 6.54 Å². The lowest BCUT2D eigenvalue weighted by atomic mass is 10.2. The van der Waals surface area contributed by atoms with Crippen LogP contribution in [0.5, 0.6) is 0 Å². The fourth-order valence-electron chi connectivity index (χ4n) is 2.89. The molecule has 3 heterocycles. The Morgan fingerprint density at radius 1 is 1.35 bits per heavy atom. The summed E-state index contributed by atoms with van der Waals surface area (Å²) in [7, 11) is 0. The van der Waals surface area contributed by atoms with Crippen LogP contribution in [0.3, 0.4) is 0 Å². The smallest absolute Gasteiger partial charge is 0.240 e. The van der Waals surface area contributed by atoms with Crippen molar-refractivity contribution >= 4 is 39.8 Å². The molecule has 6 nitrogen and oxygen atoms in total. The summed E-state index contributed by atoms with van der Waals surface area (Å²) in [6.45, 7) is 3.23. The third-order valence-electron chi connectivity index (χ3n) is 4.18. The first-order valence-corrected chi connectivity index (χ1v) is 10.1. The van der Waals surface area contributed by atoms with E-state index in [2.05, 4.69) is 21.6 Å². The van der Waals surface area contributed by atoms with Crippen molar-refractivity contribution in [3.63, 3.8) is 0 Å². The summed E-state index contributed by atoms with van der Waals surface area (Å²) in [6.07, 6.45) is 2.56. The van der Waals surface area contributed by atoms with E-state index in [0.717, 1.165) is 33.9 Å². The second kappa shape index (κ2) is 7.51. The van der Waals surface area contributed by atoms with Gasteiger partial charge in [0.25, 0.3) is 0 Å². The Hall–Kier alpha value is -2.32. The first-order chi connectivity index (χ1) is 12.7. The zero-order valence-corrected chi connectivity index (χ0v) is 15.8. The zero-order chi connectivity index (χ0) is 17.9. The van der Waals surface area contributed by atoms with Gasteiger partial charge in [0.15, 0.2) is 4.34 Å². The number of benzene rings is 1. The molecule has 134 valence electrons. The van der Waals surface area contributed by atoms with Crippen LogP contribution in [0.1, 0.15) is 18.2 Å². The van der Waals surface area contributed by atoms with Crippen molar-refractivity contribution < 1.29 is 9.21 Å². The molecule has 0 bridgehead atoms. The number of amides is 1. The molecule has 1 aromatic carbocycles. The summed E-state index contributed by atoms with van der Waals surface area (Å²) in [5.41, 5.74) is 2.27. The summed E-state index contributed by atoms with van der Waals surface area (Å²) in [6, 6.07) is 11.8. The van der Waals surface area contributed by atoms with Gasteiger partial charge in [-0.15, -0.1) is 10.2 Å². The van der Waals surface area contributed by atoms with Gasteiger partial charge in [0.05, 0.1) is 18.1 Å². The van der Waals surface area contributed by atoms with Gasteiger partial charge in [-0.3, -0.25) is 4.79 Å². The molecule has 0 spiro atoms. The Bertz CT molecular complexity index is 894. The molecule has 1 aliphatic heterocycles. The molecule has 26 heavy (non-hydrogen) atoms. The summed E-state index contributed by atoms with van der Waals surface area (Å²) >= 11 is 2.89. The summed E-state index contributed by atoms with van der Waals surface area (Å²) in [5.74, 6) is 0.950. The van der Waals surface area contributed by atoms with Gasteiger partial charge < -0.3 is 14.6 Å². The van der Waals surface area contributed by atoms with E-state index >= 15 is 0 Å². The minimum absolute atomic E-state index is 0.111. The van der Waals surface area contributed by atoms with Gasteiger partial charge in [0, 0.05) is 12.2 Å². The predicted octanol–water partition coefficient (Wildman–Crippen LogP) is 3.81. The summed E-state index contributed by atoms with van der Waals surface area (Å²) in [4.78, 5) is 14.7. The van der Waals surface area contributed by atoms with Gasteiger partial charge in [-0.05, 0) is 37.1 Å². The molecule has 0 aliphatic carbocycles. The van der Waals surface area contributed by atoms with Crippen LogP contribution < -0.4 is 10.2 Å². The third-order valence-corrected chi connectivity index (χ3v) is 6.23. The topological polar surface area (TPSA) is 71.3 Å². The number of nitrogens with one attached hydrogen (secondary N) is 1. The monoisotopic (exact) mass is 386 g/mol. The van der Waals surface area contributed by atoms with Crippen LogP contribution in [-0.4, -0.2) is 27.9 Å². The van der Waals surface area contributed by atoms with Gasteiger partial charge in [0.2, 0.25) is 11.0 Å². The van der Waals surface area contributed by atoms with E-state index < -0.39 is 0 Å². The molecule has 4 rings (SSSR count). The lowest BCUT2D eigenvalue weighted by Crippen LogP contribution is -2.35. The Kier molecular flexibility index (Phi) is 4.94. The first-order valence-electron chi connectivity index (χ1n) is 8.36. The van der Waals surface area contributed by atoms with Gasteiger partial charge in [0.1, 0.15) is 5.76 Å². The number of fused-ring (bicyclic) bond motifs is 1. The van der Waals surface area contributed by atoms with Gasteiger partial charge >= 0.3 is 0 Å². The molecule has 3 aromatic rings. The van der Waals surface area contributed by atoms with E-state index in [1.165, 1.54) is 28.7 Å². The molecule has 1 amide bonds. The average molecular weight is 387 g/mol. The summed E-state index contributed by atoms with van der Waals surface area (Å²) < 4.78 is 6.06. The van der Waals surface area contributed by atoms with Crippen molar-refractivity contribution in [2.24, 2.45) is 0 Å². The van der Waals surface area contributed by atoms with Crippen LogP contribution in [0.25, 0.3) is 0 Å². The van der Waals surface area contributed by atoms with Gasteiger partial charge in [-0.2, -0.15) is 0 Å². The average Bonchev–Trinajstić information content (AvgIpc) is 3.40.